The van der Waals surface area contributed by atoms with Gasteiger partial charge in [-0.3, -0.25) is 10.1 Å². The number of nitrogen functional groups attached to an aromatic ring is 1. The van der Waals surface area contributed by atoms with E-state index in [1.807, 2.05) is 0 Å². The Bertz CT molecular complexity index is 916. The number of hydrogen-bond donors (Lipinski definition) is 1. The van der Waals surface area contributed by atoms with Crippen molar-refractivity contribution in [1.29, 1.82) is 0 Å². The quantitative estimate of drug-likeness (QED) is 0.304. The van der Waals surface area contributed by atoms with Crippen LogP contribution in [0.2, 0.25) is 5.15 Å². The first kappa shape index (κ1) is 16.5. The van der Waals surface area contributed by atoms with Crippen molar-refractivity contribution in [1.82, 2.24) is 4.98 Å². The minimum Gasteiger partial charge on any atom is -0.453 e. The largest absolute Gasteiger partial charge is 0.453 e. The van der Waals surface area contributed by atoms with Crippen LogP contribution in [0.5, 0.6) is 23.0 Å². The number of anilines is 1. The van der Waals surface area contributed by atoms with Crippen LogP contribution >= 0.6 is 11.6 Å². The van der Waals surface area contributed by atoms with Gasteiger partial charge in [0, 0.05) is 24.0 Å². The molecule has 1 heterocycles. The summed E-state index contributed by atoms with van der Waals surface area (Å²) in [5.74, 6) is 0.881. The van der Waals surface area contributed by atoms with Gasteiger partial charge in [-0.2, -0.15) is 0 Å². The highest BCUT2D eigenvalue weighted by atomic mass is 35.5. The molecule has 25 heavy (non-hydrogen) atoms. The normalized spacial score (nSPS) is 10.3. The Hall–Kier alpha value is -3.32. The number of pyridine rings is 1. The lowest BCUT2D eigenvalue weighted by molar-refractivity contribution is -0.385. The summed E-state index contributed by atoms with van der Waals surface area (Å²) in [5, 5.41) is 11.2. The predicted molar refractivity (Wildman–Crippen MR) is 93.3 cm³/mol. The third-order valence-corrected chi connectivity index (χ3v) is 3.48. The molecule has 0 saturated carbocycles. The lowest BCUT2D eigenvalue weighted by Gasteiger charge is -2.13. The molecule has 0 unspecified atom stereocenters. The van der Waals surface area contributed by atoms with Gasteiger partial charge < -0.3 is 15.2 Å². The molecule has 2 N–H and O–H groups in total. The van der Waals surface area contributed by atoms with Crippen LogP contribution < -0.4 is 15.2 Å². The lowest BCUT2D eigenvalue weighted by Crippen LogP contribution is -1.96. The molecule has 0 aliphatic carbocycles. The maximum Gasteiger partial charge on any atom is 0.311 e. The average molecular weight is 358 g/mol. The zero-order chi connectivity index (χ0) is 17.8. The van der Waals surface area contributed by atoms with Crippen molar-refractivity contribution in [2.75, 3.05) is 5.73 Å². The van der Waals surface area contributed by atoms with E-state index in [1.165, 1.54) is 18.3 Å². The van der Waals surface area contributed by atoms with Gasteiger partial charge >= 0.3 is 5.69 Å². The van der Waals surface area contributed by atoms with Gasteiger partial charge in [-0.25, -0.2) is 4.98 Å². The molecule has 0 aliphatic rings. The second-order valence-electron chi connectivity index (χ2n) is 4.93. The molecule has 1 aromatic heterocycles. The lowest BCUT2D eigenvalue weighted by atomic mass is 10.3. The van der Waals surface area contributed by atoms with E-state index in [9.17, 15) is 10.1 Å². The second kappa shape index (κ2) is 7.06. The molecular weight excluding hydrogens is 346 g/mol. The summed E-state index contributed by atoms with van der Waals surface area (Å²) in [6.07, 6.45) is 1.45. The average Bonchev–Trinajstić information content (AvgIpc) is 2.60. The number of aromatic nitrogens is 1. The Morgan fingerprint density at radius 3 is 2.44 bits per heavy atom. The maximum absolute atomic E-state index is 11.1. The minimum absolute atomic E-state index is 0.0195. The fourth-order valence-electron chi connectivity index (χ4n) is 2.05. The molecule has 126 valence electrons. The van der Waals surface area contributed by atoms with Crippen LogP contribution in [-0.2, 0) is 0 Å². The Morgan fingerprint density at radius 1 is 1.00 bits per heavy atom. The fourth-order valence-corrected chi connectivity index (χ4v) is 2.23. The van der Waals surface area contributed by atoms with Gasteiger partial charge in [0.25, 0.3) is 0 Å². The first-order valence-electron chi connectivity index (χ1n) is 7.14. The molecule has 0 aliphatic heterocycles. The first-order chi connectivity index (χ1) is 12.0. The molecule has 0 radical (unpaired) electrons. The minimum atomic E-state index is -0.542. The zero-order valence-corrected chi connectivity index (χ0v) is 13.5. The fraction of sp³-hybridized carbons (Fsp3) is 0. The number of halogens is 1. The van der Waals surface area contributed by atoms with E-state index in [1.54, 1.807) is 42.5 Å². The topological polar surface area (TPSA) is 101 Å². The van der Waals surface area contributed by atoms with Gasteiger partial charge in [0.05, 0.1) is 4.92 Å². The van der Waals surface area contributed by atoms with E-state index < -0.39 is 4.92 Å². The first-order valence-corrected chi connectivity index (χ1v) is 7.51. The monoisotopic (exact) mass is 357 g/mol. The number of hydrogen-bond acceptors (Lipinski definition) is 6. The van der Waals surface area contributed by atoms with E-state index in [0.717, 1.165) is 0 Å². The van der Waals surface area contributed by atoms with Crippen molar-refractivity contribution in [2.45, 2.75) is 0 Å². The predicted octanol–water partition coefficient (Wildman–Crippen LogP) is 4.81. The van der Waals surface area contributed by atoms with Crippen LogP contribution in [0, 0.1) is 10.1 Å². The number of nitrogens with zero attached hydrogens (tertiary/aromatic N) is 2. The summed E-state index contributed by atoms with van der Waals surface area (Å²) in [5.41, 5.74) is 6.05. The Kier molecular flexibility index (Phi) is 4.67. The van der Waals surface area contributed by atoms with E-state index >= 15 is 0 Å². The highest BCUT2D eigenvalue weighted by Gasteiger charge is 2.19. The van der Waals surface area contributed by atoms with Crippen molar-refractivity contribution < 1.29 is 14.4 Å². The van der Waals surface area contributed by atoms with Gasteiger partial charge in [0.15, 0.2) is 10.9 Å². The highest BCUT2D eigenvalue weighted by molar-refractivity contribution is 6.31. The molecule has 0 atom stereocenters. The summed E-state index contributed by atoms with van der Waals surface area (Å²) in [6, 6.07) is 14.2. The molecule has 3 rings (SSSR count). The standard InChI is InChI=1S/C17H12ClN3O4/c18-17-16(25-14-4-2-1-3-13(14)21(22)23)15(9-10-20-17)24-12-7-5-11(19)6-8-12/h1-10H,19H2. The third kappa shape index (κ3) is 3.78. The maximum atomic E-state index is 11.1. The van der Waals surface area contributed by atoms with Crippen molar-refractivity contribution in [3.8, 4) is 23.0 Å². The zero-order valence-electron chi connectivity index (χ0n) is 12.8. The van der Waals surface area contributed by atoms with Crippen LogP contribution in [0.3, 0.4) is 0 Å². The molecule has 0 fully saturated rings. The summed E-state index contributed by atoms with van der Waals surface area (Å²) < 4.78 is 11.4. The van der Waals surface area contributed by atoms with Gasteiger partial charge in [0.1, 0.15) is 5.75 Å². The second-order valence-corrected chi connectivity index (χ2v) is 5.29. The number of nitro groups is 1. The van der Waals surface area contributed by atoms with Crippen LogP contribution in [0.1, 0.15) is 0 Å². The molecular formula is C17H12ClN3O4. The van der Waals surface area contributed by atoms with Crippen molar-refractivity contribution in [3.05, 3.63) is 76.1 Å². The molecule has 8 heteroatoms. The smallest absolute Gasteiger partial charge is 0.311 e. The summed E-state index contributed by atoms with van der Waals surface area (Å²) in [4.78, 5) is 14.5. The number of ether oxygens (including phenoxy) is 2. The van der Waals surface area contributed by atoms with E-state index in [-0.39, 0.29) is 28.1 Å². The van der Waals surface area contributed by atoms with E-state index in [0.29, 0.717) is 11.4 Å². The van der Waals surface area contributed by atoms with Gasteiger partial charge in [-0.1, -0.05) is 23.7 Å². The molecule has 7 nitrogen and oxygen atoms in total. The Balaban J connectivity index is 1.97. The number of benzene rings is 2. The van der Waals surface area contributed by atoms with Crippen LogP contribution in [0.4, 0.5) is 11.4 Å². The van der Waals surface area contributed by atoms with Gasteiger partial charge in [-0.15, -0.1) is 0 Å². The van der Waals surface area contributed by atoms with Crippen LogP contribution in [0.25, 0.3) is 0 Å². The van der Waals surface area contributed by atoms with Crippen molar-refractivity contribution in [2.24, 2.45) is 0 Å². The van der Waals surface area contributed by atoms with Crippen molar-refractivity contribution in [3.63, 3.8) is 0 Å². The molecule has 0 amide bonds. The van der Waals surface area contributed by atoms with Gasteiger partial charge in [0.2, 0.25) is 11.5 Å². The SMILES string of the molecule is Nc1ccc(Oc2ccnc(Cl)c2Oc2ccccc2[N+](=O)[O-])cc1. The summed E-state index contributed by atoms with van der Waals surface area (Å²) >= 11 is 6.10. The summed E-state index contributed by atoms with van der Waals surface area (Å²) in [6.45, 7) is 0. The molecule has 3 aromatic rings. The van der Waals surface area contributed by atoms with Gasteiger partial charge in [-0.05, 0) is 30.3 Å². The summed E-state index contributed by atoms with van der Waals surface area (Å²) in [7, 11) is 0. The molecule has 0 bridgehead atoms. The van der Waals surface area contributed by atoms with Crippen LogP contribution in [-0.4, -0.2) is 9.91 Å². The third-order valence-electron chi connectivity index (χ3n) is 3.21. The molecule has 0 spiro atoms. The van der Waals surface area contributed by atoms with Crippen LogP contribution in [0.15, 0.2) is 60.8 Å². The number of nitrogens with two attached hydrogens (primary N) is 1. The number of nitro benzene ring substituents is 1. The highest BCUT2D eigenvalue weighted by Crippen LogP contribution is 2.41. The van der Waals surface area contributed by atoms with Crippen molar-refractivity contribution >= 4 is 23.0 Å². The van der Waals surface area contributed by atoms with E-state index in [4.69, 9.17) is 26.8 Å². The number of para-hydroxylation sites is 2. The number of rotatable bonds is 5. The Morgan fingerprint density at radius 2 is 1.72 bits per heavy atom. The Labute approximate surface area is 147 Å². The molecule has 2 aromatic carbocycles. The van der Waals surface area contributed by atoms with E-state index in [2.05, 4.69) is 4.98 Å². The molecule has 0 saturated heterocycles.